The van der Waals surface area contributed by atoms with Crippen LogP contribution >= 0.6 is 27.3 Å². The predicted octanol–water partition coefficient (Wildman–Crippen LogP) is 4.52. The second-order valence-corrected chi connectivity index (χ2v) is 6.30. The van der Waals surface area contributed by atoms with Crippen molar-refractivity contribution in [3.63, 3.8) is 0 Å². The Morgan fingerprint density at radius 3 is 2.72 bits per heavy atom. The first-order valence-corrected chi connectivity index (χ1v) is 6.92. The number of aryl methyl sites for hydroxylation is 1. The van der Waals surface area contributed by atoms with Gasteiger partial charge < -0.3 is 5.32 Å². The summed E-state index contributed by atoms with van der Waals surface area (Å²) in [6.45, 7) is 3.56. The zero-order chi connectivity index (χ0) is 13.3. The van der Waals surface area contributed by atoms with Gasteiger partial charge in [0.1, 0.15) is 5.82 Å². The number of hydrogen-bond donors (Lipinski definition) is 1. The molecule has 2 aromatic rings. The van der Waals surface area contributed by atoms with Gasteiger partial charge >= 0.3 is 0 Å². The highest BCUT2D eigenvalue weighted by Crippen LogP contribution is 2.28. The van der Waals surface area contributed by atoms with Crippen LogP contribution in [0.5, 0.6) is 0 Å². The average Bonchev–Trinajstić information content (AvgIpc) is 2.66. The van der Waals surface area contributed by atoms with Crippen LogP contribution in [0.4, 0.5) is 10.1 Å². The molecular weight excluding hydrogens is 317 g/mol. The van der Waals surface area contributed by atoms with Crippen molar-refractivity contribution in [3.05, 3.63) is 49.9 Å². The number of benzene rings is 1. The summed E-state index contributed by atoms with van der Waals surface area (Å²) < 4.78 is 14.3. The summed E-state index contributed by atoms with van der Waals surface area (Å²) in [6.07, 6.45) is 0. The van der Waals surface area contributed by atoms with E-state index in [9.17, 15) is 9.18 Å². The smallest absolute Gasteiger partial charge is 0.265 e. The fourth-order valence-electron chi connectivity index (χ4n) is 1.50. The zero-order valence-electron chi connectivity index (χ0n) is 9.88. The van der Waals surface area contributed by atoms with Crippen LogP contribution in [0.15, 0.2) is 28.1 Å². The summed E-state index contributed by atoms with van der Waals surface area (Å²) >= 11 is 4.74. The lowest BCUT2D eigenvalue weighted by atomic mass is 10.2. The van der Waals surface area contributed by atoms with Crippen molar-refractivity contribution >= 4 is 38.9 Å². The number of rotatable bonds is 2. The summed E-state index contributed by atoms with van der Waals surface area (Å²) in [6, 6.07) is 6.44. The van der Waals surface area contributed by atoms with Crippen LogP contribution in [0.1, 0.15) is 20.8 Å². The van der Waals surface area contributed by atoms with Gasteiger partial charge in [-0.1, -0.05) is 6.07 Å². The first kappa shape index (κ1) is 13.2. The van der Waals surface area contributed by atoms with Gasteiger partial charge in [0.15, 0.2) is 0 Å². The second kappa shape index (κ2) is 5.20. The number of thiophene rings is 1. The highest BCUT2D eigenvalue weighted by Gasteiger charge is 2.13. The highest BCUT2D eigenvalue weighted by atomic mass is 79.9. The molecule has 1 aromatic heterocycles. The lowest BCUT2D eigenvalue weighted by Gasteiger charge is -2.07. The number of carbonyl (C=O) groups excluding carboxylic acids is 1. The Morgan fingerprint density at radius 2 is 2.11 bits per heavy atom. The SMILES string of the molecule is Cc1cc(C(=O)Nc2cccc(F)c2C)sc1Br. The van der Waals surface area contributed by atoms with Gasteiger partial charge in [-0.25, -0.2) is 4.39 Å². The molecule has 0 bridgehead atoms. The van der Waals surface area contributed by atoms with E-state index < -0.39 is 0 Å². The minimum Gasteiger partial charge on any atom is -0.321 e. The Morgan fingerprint density at radius 1 is 1.39 bits per heavy atom. The largest absolute Gasteiger partial charge is 0.321 e. The number of amides is 1. The molecule has 0 aliphatic rings. The zero-order valence-corrected chi connectivity index (χ0v) is 12.3. The van der Waals surface area contributed by atoms with E-state index in [1.807, 2.05) is 6.92 Å². The van der Waals surface area contributed by atoms with Crippen molar-refractivity contribution in [1.29, 1.82) is 0 Å². The molecule has 0 radical (unpaired) electrons. The van der Waals surface area contributed by atoms with Crippen LogP contribution in [-0.2, 0) is 0 Å². The Labute approximate surface area is 117 Å². The second-order valence-electron chi connectivity index (χ2n) is 3.93. The van der Waals surface area contributed by atoms with Crippen LogP contribution in [0.25, 0.3) is 0 Å². The molecule has 0 aliphatic heterocycles. The Balaban J connectivity index is 2.24. The van der Waals surface area contributed by atoms with E-state index in [-0.39, 0.29) is 11.7 Å². The van der Waals surface area contributed by atoms with Crippen LogP contribution in [0.3, 0.4) is 0 Å². The molecule has 1 amide bonds. The maximum Gasteiger partial charge on any atom is 0.265 e. The number of halogens is 2. The minimum absolute atomic E-state index is 0.220. The quantitative estimate of drug-likeness (QED) is 0.863. The van der Waals surface area contributed by atoms with Crippen LogP contribution in [0, 0.1) is 19.7 Å². The molecule has 1 N–H and O–H groups in total. The summed E-state index contributed by atoms with van der Waals surface area (Å²) in [5.41, 5.74) is 1.96. The van der Waals surface area contributed by atoms with Gasteiger partial charge in [-0.15, -0.1) is 11.3 Å². The van der Waals surface area contributed by atoms with Crippen molar-refractivity contribution in [2.24, 2.45) is 0 Å². The molecule has 1 aromatic carbocycles. The molecule has 0 aliphatic carbocycles. The topological polar surface area (TPSA) is 29.1 Å². The molecule has 0 saturated heterocycles. The standard InChI is InChI=1S/C13H11BrFNOS/c1-7-6-11(18-12(7)14)13(17)16-10-5-3-4-9(15)8(10)2/h3-6H,1-2H3,(H,16,17). The number of carbonyl (C=O) groups is 1. The van der Waals surface area contributed by atoms with Gasteiger partial charge in [-0.05, 0) is 53.5 Å². The molecule has 1 heterocycles. The monoisotopic (exact) mass is 327 g/mol. The fourth-order valence-corrected chi connectivity index (χ4v) is 2.93. The van der Waals surface area contributed by atoms with Gasteiger partial charge in [0.25, 0.3) is 5.91 Å². The van der Waals surface area contributed by atoms with E-state index in [1.54, 1.807) is 25.1 Å². The molecule has 0 spiro atoms. The molecule has 2 rings (SSSR count). The van der Waals surface area contributed by atoms with E-state index in [0.717, 1.165) is 9.35 Å². The van der Waals surface area contributed by atoms with E-state index in [0.29, 0.717) is 16.1 Å². The predicted molar refractivity (Wildman–Crippen MR) is 75.8 cm³/mol. The van der Waals surface area contributed by atoms with Crippen molar-refractivity contribution in [1.82, 2.24) is 0 Å². The molecule has 0 atom stereocenters. The van der Waals surface area contributed by atoms with Crippen LogP contribution in [-0.4, -0.2) is 5.91 Å². The van der Waals surface area contributed by atoms with Gasteiger partial charge in [0.2, 0.25) is 0 Å². The molecule has 2 nitrogen and oxygen atoms in total. The van der Waals surface area contributed by atoms with Gasteiger partial charge in [0.05, 0.1) is 8.66 Å². The van der Waals surface area contributed by atoms with Crippen molar-refractivity contribution in [2.75, 3.05) is 5.32 Å². The minimum atomic E-state index is -0.323. The number of hydrogen-bond acceptors (Lipinski definition) is 2. The molecule has 5 heteroatoms. The maximum atomic E-state index is 13.3. The van der Waals surface area contributed by atoms with E-state index in [4.69, 9.17) is 0 Å². The molecule has 94 valence electrons. The summed E-state index contributed by atoms with van der Waals surface area (Å²) in [5.74, 6) is -0.543. The highest BCUT2D eigenvalue weighted by molar-refractivity contribution is 9.11. The van der Waals surface area contributed by atoms with E-state index >= 15 is 0 Å². The van der Waals surface area contributed by atoms with Crippen molar-refractivity contribution in [3.8, 4) is 0 Å². The van der Waals surface area contributed by atoms with Crippen molar-refractivity contribution < 1.29 is 9.18 Å². The fraction of sp³-hybridized carbons (Fsp3) is 0.154. The maximum absolute atomic E-state index is 13.3. The molecule has 18 heavy (non-hydrogen) atoms. The van der Waals surface area contributed by atoms with Crippen LogP contribution in [0.2, 0.25) is 0 Å². The van der Waals surface area contributed by atoms with Gasteiger partial charge in [0, 0.05) is 11.3 Å². The van der Waals surface area contributed by atoms with Gasteiger partial charge in [-0.2, -0.15) is 0 Å². The van der Waals surface area contributed by atoms with E-state index in [1.165, 1.54) is 17.4 Å². The average molecular weight is 328 g/mol. The Bertz CT molecular complexity index is 590. The third-order valence-electron chi connectivity index (χ3n) is 2.60. The van der Waals surface area contributed by atoms with Gasteiger partial charge in [-0.3, -0.25) is 4.79 Å². The molecular formula is C13H11BrFNOS. The first-order chi connectivity index (χ1) is 8.49. The normalized spacial score (nSPS) is 10.4. The third kappa shape index (κ3) is 2.62. The first-order valence-electron chi connectivity index (χ1n) is 5.31. The molecule has 0 fully saturated rings. The van der Waals surface area contributed by atoms with E-state index in [2.05, 4.69) is 21.2 Å². The number of nitrogens with one attached hydrogen (secondary N) is 1. The molecule has 0 unspecified atom stereocenters. The lowest BCUT2D eigenvalue weighted by Crippen LogP contribution is -2.11. The summed E-state index contributed by atoms with van der Waals surface area (Å²) in [7, 11) is 0. The third-order valence-corrected chi connectivity index (χ3v) is 4.73. The Kier molecular flexibility index (Phi) is 3.82. The number of anilines is 1. The summed E-state index contributed by atoms with van der Waals surface area (Å²) in [4.78, 5) is 12.6. The van der Waals surface area contributed by atoms with Crippen molar-refractivity contribution in [2.45, 2.75) is 13.8 Å². The lowest BCUT2D eigenvalue weighted by molar-refractivity contribution is 0.103. The summed E-state index contributed by atoms with van der Waals surface area (Å²) in [5, 5.41) is 2.72. The molecule has 0 saturated carbocycles. The Hall–Kier alpha value is -1.20. The van der Waals surface area contributed by atoms with Crippen LogP contribution < -0.4 is 5.32 Å².